The Bertz CT molecular complexity index is 478. The van der Waals surface area contributed by atoms with Gasteiger partial charge >= 0.3 is 0 Å². The Hall–Kier alpha value is -0.520. The van der Waals surface area contributed by atoms with Crippen molar-refractivity contribution in [1.82, 2.24) is 9.97 Å². The molecule has 0 spiro atoms. The number of H-pyrrole nitrogens is 1. The number of aromatic nitrogens is 2. The Morgan fingerprint density at radius 2 is 2.23 bits per heavy atom. The van der Waals surface area contributed by atoms with E-state index in [-0.39, 0.29) is 0 Å². The molecule has 68 valence electrons. The molecule has 0 unspecified atom stereocenters. The molecule has 0 fully saturated rings. The van der Waals surface area contributed by atoms with E-state index < -0.39 is 0 Å². The summed E-state index contributed by atoms with van der Waals surface area (Å²) in [6, 6.07) is 0. The lowest BCUT2D eigenvalue weighted by Crippen LogP contribution is -1.76. The van der Waals surface area contributed by atoms with Crippen molar-refractivity contribution in [2.45, 2.75) is 13.8 Å². The normalized spacial score (nSPS) is 10.6. The third-order valence-corrected chi connectivity index (χ3v) is 3.84. The number of hydrogen-bond donors (Lipinski definition) is 1. The zero-order valence-electron chi connectivity index (χ0n) is 7.25. The third kappa shape index (κ3) is 1.72. The number of nitrogens with zero attached hydrogens (tertiary/aromatic N) is 1. The van der Waals surface area contributed by atoms with Crippen LogP contribution in [-0.2, 0) is 0 Å². The highest BCUT2D eigenvalue weighted by molar-refractivity contribution is 7.73. The van der Waals surface area contributed by atoms with Crippen LogP contribution in [0.4, 0.5) is 0 Å². The van der Waals surface area contributed by atoms with Gasteiger partial charge in [-0.05, 0) is 26.1 Å². The van der Waals surface area contributed by atoms with E-state index in [0.717, 1.165) is 20.3 Å². The highest BCUT2D eigenvalue weighted by Gasteiger charge is 2.07. The van der Waals surface area contributed by atoms with Crippen LogP contribution >= 0.6 is 34.9 Å². The Balaban J connectivity index is 2.57. The van der Waals surface area contributed by atoms with Crippen molar-refractivity contribution in [2.24, 2.45) is 0 Å². The minimum absolute atomic E-state index is 0.820. The van der Waals surface area contributed by atoms with Gasteiger partial charge in [0.15, 0.2) is 3.95 Å². The van der Waals surface area contributed by atoms with E-state index in [9.17, 15) is 0 Å². The summed E-state index contributed by atoms with van der Waals surface area (Å²) in [6.45, 7) is 4.04. The molecule has 0 bridgehead atoms. The molecule has 1 N–H and O–H groups in total. The fourth-order valence-corrected chi connectivity index (χ4v) is 2.96. The second-order valence-corrected chi connectivity index (χ2v) is 5.46. The average molecular weight is 228 g/mol. The smallest absolute Gasteiger partial charge is 0.158 e. The summed E-state index contributed by atoms with van der Waals surface area (Å²) in [5, 5.41) is 3.14. The Morgan fingerprint density at radius 3 is 2.69 bits per heavy atom. The van der Waals surface area contributed by atoms with Crippen LogP contribution in [0, 0.1) is 17.8 Å². The van der Waals surface area contributed by atoms with Crippen molar-refractivity contribution in [2.75, 3.05) is 0 Å². The summed E-state index contributed by atoms with van der Waals surface area (Å²) in [5.41, 5.74) is 2.17. The lowest BCUT2D eigenvalue weighted by Gasteiger charge is -1.90. The largest absolute Gasteiger partial charge is 0.336 e. The van der Waals surface area contributed by atoms with Gasteiger partial charge in [-0.2, -0.15) is 0 Å². The van der Waals surface area contributed by atoms with Crippen molar-refractivity contribution in [3.63, 3.8) is 0 Å². The lowest BCUT2D eigenvalue weighted by molar-refractivity contribution is 1.20. The molecular weight excluding hydrogens is 220 g/mol. The van der Waals surface area contributed by atoms with Crippen LogP contribution in [0.25, 0.3) is 10.6 Å². The van der Waals surface area contributed by atoms with Gasteiger partial charge in [-0.3, -0.25) is 0 Å². The maximum atomic E-state index is 5.03. The van der Waals surface area contributed by atoms with E-state index in [1.54, 1.807) is 22.7 Å². The van der Waals surface area contributed by atoms with Crippen LogP contribution < -0.4 is 0 Å². The Morgan fingerprint density at radius 1 is 1.46 bits per heavy atom. The SMILES string of the molecule is Cc1nc(C)c(-c2csc(=S)[nH]2)s1. The van der Waals surface area contributed by atoms with Crippen LogP contribution in [0.15, 0.2) is 5.38 Å². The topological polar surface area (TPSA) is 28.7 Å². The number of nitrogens with one attached hydrogen (secondary N) is 1. The van der Waals surface area contributed by atoms with Gasteiger partial charge in [-0.1, -0.05) is 0 Å². The molecule has 2 rings (SSSR count). The number of aromatic amines is 1. The minimum atomic E-state index is 0.820. The lowest BCUT2D eigenvalue weighted by atomic mass is 10.3. The van der Waals surface area contributed by atoms with Crippen molar-refractivity contribution in [3.8, 4) is 10.6 Å². The van der Waals surface area contributed by atoms with E-state index in [0.29, 0.717) is 0 Å². The van der Waals surface area contributed by atoms with Crippen LogP contribution in [0.1, 0.15) is 10.7 Å². The first-order chi connectivity index (χ1) is 6.16. The monoisotopic (exact) mass is 228 g/mol. The molecule has 0 amide bonds. The van der Waals surface area contributed by atoms with Crippen LogP contribution in [0.3, 0.4) is 0 Å². The molecule has 2 nitrogen and oxygen atoms in total. The first-order valence-corrected chi connectivity index (χ1v) is 5.89. The summed E-state index contributed by atoms with van der Waals surface area (Å²) < 4.78 is 0.820. The Kier molecular flexibility index (Phi) is 2.31. The maximum absolute atomic E-state index is 5.03. The molecule has 2 heterocycles. The second kappa shape index (κ2) is 3.32. The van der Waals surface area contributed by atoms with Gasteiger partial charge in [0.05, 0.1) is 21.3 Å². The molecule has 0 aliphatic rings. The van der Waals surface area contributed by atoms with Crippen molar-refractivity contribution in [3.05, 3.63) is 20.0 Å². The molecule has 0 saturated carbocycles. The number of thiazole rings is 2. The number of rotatable bonds is 1. The van der Waals surface area contributed by atoms with Crippen LogP contribution in [0.5, 0.6) is 0 Å². The number of hydrogen-bond acceptors (Lipinski definition) is 4. The zero-order valence-corrected chi connectivity index (χ0v) is 9.70. The predicted molar refractivity (Wildman–Crippen MR) is 60.1 cm³/mol. The molecular formula is C8H8N2S3. The maximum Gasteiger partial charge on any atom is 0.158 e. The summed E-state index contributed by atoms with van der Waals surface area (Å²) in [6.07, 6.45) is 0. The predicted octanol–water partition coefficient (Wildman–Crippen LogP) is 3.55. The van der Waals surface area contributed by atoms with E-state index in [4.69, 9.17) is 12.2 Å². The highest BCUT2D eigenvalue weighted by Crippen LogP contribution is 2.29. The van der Waals surface area contributed by atoms with Crippen LogP contribution in [-0.4, -0.2) is 9.97 Å². The minimum Gasteiger partial charge on any atom is -0.336 e. The van der Waals surface area contributed by atoms with E-state index in [2.05, 4.69) is 9.97 Å². The van der Waals surface area contributed by atoms with Gasteiger partial charge in [0.2, 0.25) is 0 Å². The van der Waals surface area contributed by atoms with Gasteiger partial charge < -0.3 is 4.98 Å². The summed E-state index contributed by atoms with van der Waals surface area (Å²) >= 11 is 8.28. The van der Waals surface area contributed by atoms with Gasteiger partial charge in [-0.25, -0.2) is 4.98 Å². The summed E-state index contributed by atoms with van der Waals surface area (Å²) in [4.78, 5) is 8.72. The van der Waals surface area contributed by atoms with Crippen molar-refractivity contribution >= 4 is 34.9 Å². The second-order valence-electron chi connectivity index (χ2n) is 2.71. The fraction of sp³-hybridized carbons (Fsp3) is 0.250. The van der Waals surface area contributed by atoms with Crippen molar-refractivity contribution < 1.29 is 0 Å². The van der Waals surface area contributed by atoms with Gasteiger partial charge in [0.25, 0.3) is 0 Å². The molecule has 0 aromatic carbocycles. The fourth-order valence-electron chi connectivity index (χ4n) is 1.17. The third-order valence-electron chi connectivity index (χ3n) is 1.67. The van der Waals surface area contributed by atoms with Crippen LogP contribution in [0.2, 0.25) is 0 Å². The molecule has 0 radical (unpaired) electrons. The van der Waals surface area contributed by atoms with E-state index >= 15 is 0 Å². The first-order valence-electron chi connectivity index (χ1n) is 3.79. The van der Waals surface area contributed by atoms with Crippen molar-refractivity contribution in [1.29, 1.82) is 0 Å². The average Bonchev–Trinajstić information content (AvgIpc) is 2.58. The molecule has 0 aliphatic carbocycles. The molecule has 0 saturated heterocycles. The number of aryl methyl sites for hydroxylation is 2. The molecule has 5 heteroatoms. The first kappa shape index (κ1) is 9.05. The zero-order chi connectivity index (χ0) is 9.42. The summed E-state index contributed by atoms with van der Waals surface area (Å²) in [5.74, 6) is 0. The van der Waals surface area contributed by atoms with Gasteiger partial charge in [0.1, 0.15) is 0 Å². The van der Waals surface area contributed by atoms with Gasteiger partial charge in [-0.15, -0.1) is 22.7 Å². The standard InChI is InChI=1S/C8H8N2S3/c1-4-7(13-5(2)9-4)6-3-12-8(11)10-6/h3H,1-2H3,(H,10,11). The molecule has 0 aliphatic heterocycles. The molecule has 13 heavy (non-hydrogen) atoms. The van der Waals surface area contributed by atoms with E-state index in [1.807, 2.05) is 19.2 Å². The van der Waals surface area contributed by atoms with E-state index in [1.165, 1.54) is 4.88 Å². The molecule has 2 aromatic heterocycles. The molecule has 2 aromatic rings. The quantitative estimate of drug-likeness (QED) is 0.756. The molecule has 0 atom stereocenters. The highest BCUT2D eigenvalue weighted by atomic mass is 32.1. The van der Waals surface area contributed by atoms with Gasteiger partial charge in [0, 0.05) is 5.38 Å². The summed E-state index contributed by atoms with van der Waals surface area (Å²) in [7, 11) is 0. The Labute approximate surface area is 89.3 Å².